The first-order valence-electron chi connectivity index (χ1n) is 14.4. The molecular weight excluding hydrogens is 470 g/mol. The summed E-state index contributed by atoms with van der Waals surface area (Å²) in [5.74, 6) is -1.63. The summed E-state index contributed by atoms with van der Waals surface area (Å²) < 4.78 is 6.98. The summed E-state index contributed by atoms with van der Waals surface area (Å²) in [5.41, 5.74) is -2.06. The second kappa shape index (κ2) is 10.5. The Morgan fingerprint density at radius 1 is 0.919 bits per heavy atom. The average Bonchev–Trinajstić information content (AvgIpc) is 3.20. The molecule has 204 valence electrons. The Hall–Kier alpha value is -2.19. The predicted octanol–water partition coefficient (Wildman–Crippen LogP) is 2.66. The first kappa shape index (κ1) is 26.4. The Bertz CT molecular complexity index is 959. The van der Waals surface area contributed by atoms with E-state index < -0.39 is 29.1 Å². The van der Waals surface area contributed by atoms with Crippen LogP contribution < -0.4 is 0 Å². The molecule has 0 bridgehead atoms. The molecule has 8 nitrogen and oxygen atoms in total. The summed E-state index contributed by atoms with van der Waals surface area (Å²) in [5, 5.41) is 9.15. The Kier molecular flexibility index (Phi) is 7.51. The van der Waals surface area contributed by atoms with E-state index in [9.17, 15) is 14.4 Å². The number of likely N-dealkylation sites (N-methyl/N-ethyl adjacent to an activating group) is 1. The van der Waals surface area contributed by atoms with Crippen molar-refractivity contribution in [2.45, 2.75) is 94.4 Å². The van der Waals surface area contributed by atoms with Gasteiger partial charge in [0.1, 0.15) is 11.6 Å². The summed E-state index contributed by atoms with van der Waals surface area (Å²) in [7, 11) is 1.78. The van der Waals surface area contributed by atoms with Crippen LogP contribution in [0.1, 0.15) is 71.1 Å². The summed E-state index contributed by atoms with van der Waals surface area (Å²) >= 11 is 0. The monoisotopic (exact) mass is 513 g/mol. The van der Waals surface area contributed by atoms with E-state index in [2.05, 4.69) is 0 Å². The quantitative estimate of drug-likeness (QED) is 0.398. The van der Waals surface area contributed by atoms with Crippen LogP contribution in [0.15, 0.2) is 24.3 Å². The van der Waals surface area contributed by atoms with Crippen LogP contribution in [0.3, 0.4) is 0 Å². The van der Waals surface area contributed by atoms with Crippen LogP contribution in [-0.2, 0) is 19.1 Å². The van der Waals surface area contributed by atoms with Crippen molar-refractivity contribution in [3.8, 4) is 0 Å². The van der Waals surface area contributed by atoms with Crippen molar-refractivity contribution in [2.24, 2.45) is 11.8 Å². The van der Waals surface area contributed by atoms with Crippen LogP contribution >= 0.6 is 0 Å². The lowest BCUT2D eigenvalue weighted by molar-refractivity contribution is -0.155. The lowest BCUT2D eigenvalue weighted by Gasteiger charge is -2.40. The molecule has 5 rings (SSSR count). The van der Waals surface area contributed by atoms with Crippen LogP contribution in [0.25, 0.3) is 0 Å². The number of ether oxygens (including phenoxy) is 1. The largest absolute Gasteiger partial charge is 0.396 e. The van der Waals surface area contributed by atoms with E-state index in [0.29, 0.717) is 26.1 Å². The average molecular weight is 514 g/mol. The van der Waals surface area contributed by atoms with Crippen molar-refractivity contribution < 1.29 is 24.2 Å². The number of aliphatic hydroxyl groups is 1. The van der Waals surface area contributed by atoms with E-state index in [4.69, 9.17) is 9.84 Å². The zero-order valence-electron chi connectivity index (χ0n) is 22.4. The number of fused-ring (bicyclic) bond motifs is 2. The van der Waals surface area contributed by atoms with E-state index in [1.807, 2.05) is 36.1 Å². The molecule has 5 atom stereocenters. The van der Waals surface area contributed by atoms with Gasteiger partial charge >= 0.3 is 0 Å². The maximum atomic E-state index is 14.4. The minimum Gasteiger partial charge on any atom is -0.396 e. The third-order valence-electron chi connectivity index (χ3n) is 9.49. The molecule has 4 heterocycles. The minimum atomic E-state index is -1.15. The maximum Gasteiger partial charge on any atom is 0.249 e. The molecule has 5 aliphatic rings. The van der Waals surface area contributed by atoms with Crippen molar-refractivity contribution >= 4 is 17.7 Å². The number of likely N-dealkylation sites (tertiary alicyclic amines) is 1. The normalized spacial score (nSPS) is 36.0. The van der Waals surface area contributed by atoms with Gasteiger partial charge in [0, 0.05) is 39.3 Å². The van der Waals surface area contributed by atoms with E-state index in [1.165, 1.54) is 6.42 Å². The molecule has 4 aliphatic heterocycles. The zero-order chi connectivity index (χ0) is 26.2. The molecule has 1 N–H and O–H groups in total. The molecular formula is C29H43N3O5. The molecule has 1 spiro atoms. The van der Waals surface area contributed by atoms with Crippen LogP contribution in [0, 0.1) is 11.8 Å². The molecule has 0 radical (unpaired) electrons. The fourth-order valence-electron chi connectivity index (χ4n) is 7.61. The topological polar surface area (TPSA) is 90.4 Å². The van der Waals surface area contributed by atoms with Crippen molar-refractivity contribution in [2.75, 3.05) is 33.3 Å². The zero-order valence-corrected chi connectivity index (χ0v) is 22.4. The molecule has 0 aromatic carbocycles. The van der Waals surface area contributed by atoms with Gasteiger partial charge in [0.25, 0.3) is 0 Å². The highest BCUT2D eigenvalue weighted by Crippen LogP contribution is 2.58. The van der Waals surface area contributed by atoms with Crippen molar-refractivity contribution in [3.05, 3.63) is 24.3 Å². The molecule has 3 amide bonds. The molecule has 0 aromatic heterocycles. The Balaban J connectivity index is 1.55. The minimum absolute atomic E-state index is 0.0318. The van der Waals surface area contributed by atoms with E-state index in [-0.39, 0.29) is 30.4 Å². The summed E-state index contributed by atoms with van der Waals surface area (Å²) in [4.78, 5) is 47.9. The number of unbranched alkanes of at least 4 members (excludes halogenated alkanes) is 3. The summed E-state index contributed by atoms with van der Waals surface area (Å²) in [6.07, 6.45) is 17.2. The number of nitrogens with zero attached hydrogens (tertiary/aromatic N) is 3. The molecule has 0 aromatic rings. The Labute approximate surface area is 220 Å². The number of carbonyl (C=O) groups excluding carboxylic acids is 3. The van der Waals surface area contributed by atoms with Crippen LogP contribution in [0.4, 0.5) is 0 Å². The van der Waals surface area contributed by atoms with Gasteiger partial charge < -0.3 is 24.5 Å². The van der Waals surface area contributed by atoms with E-state index >= 15 is 0 Å². The Morgan fingerprint density at radius 3 is 2.38 bits per heavy atom. The molecule has 3 fully saturated rings. The van der Waals surface area contributed by atoms with Crippen molar-refractivity contribution in [1.82, 2.24) is 14.7 Å². The fourth-order valence-corrected chi connectivity index (χ4v) is 7.61. The summed E-state index contributed by atoms with van der Waals surface area (Å²) in [6.45, 7) is 3.62. The number of rotatable bonds is 8. The van der Waals surface area contributed by atoms with E-state index in [0.717, 1.165) is 51.4 Å². The maximum absolute atomic E-state index is 14.4. The number of amides is 3. The van der Waals surface area contributed by atoms with Gasteiger partial charge in [0.05, 0.1) is 17.4 Å². The first-order valence-corrected chi connectivity index (χ1v) is 14.4. The predicted molar refractivity (Wildman–Crippen MR) is 139 cm³/mol. The molecule has 8 heteroatoms. The first-order chi connectivity index (χ1) is 17.9. The molecule has 1 unspecified atom stereocenters. The standard InChI is InChI=1S/C29H43N3O5/c1-3-28-15-11-17-30(2)25(34)22(28)23-26(35)32(18-9-4-5-10-20-33)24-27(36)31(21-13-7-6-8-14-21)19-12-16-29(23,24)37-28/h11-12,15-16,21-24,33H,3-10,13-14,17-20H2,1-2H3/t22-,23+,24?,28+,29+/m1/s1. The van der Waals surface area contributed by atoms with Crippen LogP contribution in [0.5, 0.6) is 0 Å². The highest BCUT2D eigenvalue weighted by Gasteiger charge is 2.75. The van der Waals surface area contributed by atoms with Crippen molar-refractivity contribution in [3.63, 3.8) is 0 Å². The SMILES string of the molecule is CC[C@]12C=CCN(C)C(=O)[C@H]1[C@H]1C(=O)N(CCCCCCO)C3C(=O)N(C4CCCCC4)CC=C[C@@]31O2. The van der Waals surface area contributed by atoms with Gasteiger partial charge in [0.2, 0.25) is 17.7 Å². The smallest absolute Gasteiger partial charge is 0.249 e. The lowest BCUT2D eigenvalue weighted by atomic mass is 9.73. The van der Waals surface area contributed by atoms with Gasteiger partial charge in [-0.2, -0.15) is 0 Å². The molecule has 2 saturated heterocycles. The second-order valence-corrected chi connectivity index (χ2v) is 11.6. The van der Waals surface area contributed by atoms with Gasteiger partial charge in [-0.25, -0.2) is 0 Å². The number of aliphatic hydroxyl groups excluding tert-OH is 1. The van der Waals surface area contributed by atoms with Crippen molar-refractivity contribution in [1.29, 1.82) is 0 Å². The number of hydrogen-bond acceptors (Lipinski definition) is 5. The summed E-state index contributed by atoms with van der Waals surface area (Å²) in [6, 6.07) is -0.577. The van der Waals surface area contributed by atoms with Gasteiger partial charge in [-0.05, 0) is 32.1 Å². The lowest BCUT2D eigenvalue weighted by Crippen LogP contribution is -2.57. The Morgan fingerprint density at radius 2 is 1.65 bits per heavy atom. The third-order valence-corrected chi connectivity index (χ3v) is 9.49. The number of carbonyl (C=O) groups is 3. The fraction of sp³-hybridized carbons (Fsp3) is 0.759. The van der Waals surface area contributed by atoms with Crippen LogP contribution in [0.2, 0.25) is 0 Å². The number of hydrogen-bond donors (Lipinski definition) is 1. The molecule has 1 aliphatic carbocycles. The van der Waals surface area contributed by atoms with Gasteiger partial charge in [0.15, 0.2) is 0 Å². The van der Waals surface area contributed by atoms with Gasteiger partial charge in [-0.15, -0.1) is 0 Å². The highest BCUT2D eigenvalue weighted by atomic mass is 16.5. The van der Waals surface area contributed by atoms with Gasteiger partial charge in [-0.3, -0.25) is 14.4 Å². The highest BCUT2D eigenvalue weighted by molar-refractivity contribution is 6.00. The van der Waals surface area contributed by atoms with E-state index in [1.54, 1.807) is 16.8 Å². The third kappa shape index (κ3) is 4.24. The van der Waals surface area contributed by atoms with Crippen LogP contribution in [-0.4, -0.2) is 94.1 Å². The second-order valence-electron chi connectivity index (χ2n) is 11.6. The van der Waals surface area contributed by atoms with Gasteiger partial charge in [-0.1, -0.05) is 63.3 Å². The molecule has 1 saturated carbocycles. The molecule has 37 heavy (non-hydrogen) atoms.